The fourth-order valence-electron chi connectivity index (χ4n) is 2.19. The molecule has 2 N–H and O–H groups in total. The largest absolute Gasteiger partial charge is 0.395 e. The van der Waals surface area contributed by atoms with Crippen molar-refractivity contribution >= 4 is 43.2 Å². The summed E-state index contributed by atoms with van der Waals surface area (Å²) in [6, 6.07) is 1.10. The minimum Gasteiger partial charge on any atom is -0.395 e. The molecule has 118 valence electrons. The van der Waals surface area contributed by atoms with E-state index in [0.717, 1.165) is 12.6 Å². The van der Waals surface area contributed by atoms with E-state index in [9.17, 15) is 12.8 Å². The summed E-state index contributed by atoms with van der Waals surface area (Å²) in [5.41, 5.74) is 5.27. The van der Waals surface area contributed by atoms with Crippen molar-refractivity contribution in [3.8, 4) is 0 Å². The lowest BCUT2D eigenvalue weighted by atomic mass is 10.3. The van der Waals surface area contributed by atoms with Gasteiger partial charge in [-0.1, -0.05) is 11.6 Å². The summed E-state index contributed by atoms with van der Waals surface area (Å²) < 4.78 is 40.9. The summed E-state index contributed by atoms with van der Waals surface area (Å²) >= 11 is 8.94. The third-order valence-electron chi connectivity index (χ3n) is 3.45. The molecule has 1 aliphatic heterocycles. The van der Waals surface area contributed by atoms with Crippen LogP contribution in [0.15, 0.2) is 15.4 Å². The van der Waals surface area contributed by atoms with Gasteiger partial charge in [-0.25, -0.2) is 12.8 Å². The van der Waals surface area contributed by atoms with Gasteiger partial charge in [0.05, 0.1) is 15.2 Å². The average Bonchev–Trinajstić information content (AvgIpc) is 2.65. The standard InChI is InChI=1S/C12H16BrClFN3O2S/c1-17-3-2-4-18(6-5-17)21(19,20)9-7-8(14)10(13)12(16)11(9)15/h7H,2-6,16H2,1H3. The van der Waals surface area contributed by atoms with Crippen LogP contribution in [-0.2, 0) is 10.0 Å². The van der Waals surface area contributed by atoms with Crippen LogP contribution < -0.4 is 5.73 Å². The topological polar surface area (TPSA) is 66.6 Å². The Bertz CT molecular complexity index is 656. The van der Waals surface area contributed by atoms with Gasteiger partial charge in [-0.05, 0) is 42.0 Å². The smallest absolute Gasteiger partial charge is 0.246 e. The zero-order chi connectivity index (χ0) is 15.8. The number of sulfonamides is 1. The van der Waals surface area contributed by atoms with Crippen molar-refractivity contribution in [2.45, 2.75) is 11.3 Å². The molecule has 0 radical (unpaired) electrons. The van der Waals surface area contributed by atoms with Crippen molar-refractivity contribution in [2.24, 2.45) is 0 Å². The number of anilines is 1. The highest BCUT2D eigenvalue weighted by Gasteiger charge is 2.31. The molecule has 0 amide bonds. The maximum Gasteiger partial charge on any atom is 0.246 e. The van der Waals surface area contributed by atoms with Gasteiger partial charge in [-0.3, -0.25) is 0 Å². The lowest BCUT2D eigenvalue weighted by Gasteiger charge is -2.21. The number of benzene rings is 1. The number of hydrogen-bond donors (Lipinski definition) is 1. The van der Waals surface area contributed by atoms with Crippen molar-refractivity contribution in [2.75, 3.05) is 39.0 Å². The molecule has 9 heteroatoms. The van der Waals surface area contributed by atoms with Gasteiger partial charge in [0.25, 0.3) is 0 Å². The molecule has 21 heavy (non-hydrogen) atoms. The predicted molar refractivity (Wildman–Crippen MR) is 84.4 cm³/mol. The van der Waals surface area contributed by atoms with E-state index in [-0.39, 0.29) is 15.2 Å². The second kappa shape index (κ2) is 6.37. The molecule has 1 aromatic rings. The van der Waals surface area contributed by atoms with Crippen LogP contribution >= 0.6 is 27.5 Å². The van der Waals surface area contributed by atoms with Crippen molar-refractivity contribution in [1.29, 1.82) is 0 Å². The summed E-state index contributed by atoms with van der Waals surface area (Å²) in [7, 11) is -2.03. The number of rotatable bonds is 2. The average molecular weight is 401 g/mol. The predicted octanol–water partition coefficient (Wildman–Crippen LogP) is 2.15. The third kappa shape index (κ3) is 3.34. The Hall–Kier alpha value is -0.410. The molecule has 0 saturated carbocycles. The number of nitrogen functional groups attached to an aromatic ring is 1. The fraction of sp³-hybridized carbons (Fsp3) is 0.500. The normalized spacial score (nSPS) is 18.7. The quantitative estimate of drug-likeness (QED) is 0.610. The maximum atomic E-state index is 14.2. The van der Waals surface area contributed by atoms with Gasteiger partial charge in [0.1, 0.15) is 4.90 Å². The Labute approximate surface area is 137 Å². The molecule has 0 aliphatic carbocycles. The SMILES string of the molecule is CN1CCCN(S(=O)(=O)c2cc(Cl)c(Br)c(N)c2F)CC1. The molecule has 1 heterocycles. The minimum absolute atomic E-state index is 0.0689. The molecule has 1 aromatic carbocycles. The highest BCUT2D eigenvalue weighted by atomic mass is 79.9. The van der Waals surface area contributed by atoms with Gasteiger partial charge in [-0.2, -0.15) is 4.31 Å². The van der Waals surface area contributed by atoms with E-state index in [1.165, 1.54) is 4.31 Å². The van der Waals surface area contributed by atoms with Gasteiger partial charge >= 0.3 is 0 Å². The Morgan fingerprint density at radius 1 is 1.33 bits per heavy atom. The highest BCUT2D eigenvalue weighted by Crippen LogP contribution is 2.35. The van der Waals surface area contributed by atoms with E-state index in [1.807, 2.05) is 11.9 Å². The van der Waals surface area contributed by atoms with Crippen LogP contribution in [0.2, 0.25) is 5.02 Å². The maximum absolute atomic E-state index is 14.2. The molecule has 0 aromatic heterocycles. The number of likely N-dealkylation sites (N-methyl/N-ethyl adjacent to an activating group) is 1. The first-order chi connectivity index (χ1) is 9.75. The van der Waals surface area contributed by atoms with Crippen molar-refractivity contribution in [1.82, 2.24) is 9.21 Å². The van der Waals surface area contributed by atoms with E-state index in [0.29, 0.717) is 26.1 Å². The van der Waals surface area contributed by atoms with Crippen LogP contribution in [0.1, 0.15) is 6.42 Å². The summed E-state index contributed by atoms with van der Waals surface area (Å²) in [4.78, 5) is 1.56. The molecule has 1 aliphatic rings. The molecular formula is C12H16BrClFN3O2S. The summed E-state index contributed by atoms with van der Waals surface area (Å²) in [6.07, 6.45) is 0.692. The third-order valence-corrected chi connectivity index (χ3v) is 6.73. The Balaban J connectivity index is 2.45. The van der Waals surface area contributed by atoms with Crippen LogP contribution in [0, 0.1) is 5.82 Å². The van der Waals surface area contributed by atoms with Crippen LogP contribution in [0.4, 0.5) is 10.1 Å². The van der Waals surface area contributed by atoms with E-state index >= 15 is 0 Å². The van der Waals surface area contributed by atoms with Crippen LogP contribution in [0.3, 0.4) is 0 Å². The first-order valence-corrected chi connectivity index (χ1v) is 8.98. The van der Waals surface area contributed by atoms with Crippen molar-refractivity contribution in [3.63, 3.8) is 0 Å². The van der Waals surface area contributed by atoms with Gasteiger partial charge < -0.3 is 10.6 Å². The molecule has 1 saturated heterocycles. The van der Waals surface area contributed by atoms with Crippen molar-refractivity contribution in [3.05, 3.63) is 21.4 Å². The Morgan fingerprint density at radius 2 is 2.00 bits per heavy atom. The van der Waals surface area contributed by atoms with Crippen LogP contribution in [0.25, 0.3) is 0 Å². The van der Waals surface area contributed by atoms with Crippen LogP contribution in [-0.4, -0.2) is 50.8 Å². The van der Waals surface area contributed by atoms with E-state index < -0.39 is 20.7 Å². The molecule has 5 nitrogen and oxygen atoms in total. The van der Waals surface area contributed by atoms with Gasteiger partial charge in [0, 0.05) is 19.6 Å². The van der Waals surface area contributed by atoms with Crippen molar-refractivity contribution < 1.29 is 12.8 Å². The second-order valence-electron chi connectivity index (χ2n) is 4.96. The Kier molecular flexibility index (Phi) is 5.15. The molecule has 0 spiro atoms. The molecule has 1 fully saturated rings. The van der Waals surface area contributed by atoms with E-state index in [1.54, 1.807) is 0 Å². The van der Waals surface area contributed by atoms with E-state index in [2.05, 4.69) is 15.9 Å². The lowest BCUT2D eigenvalue weighted by Crippen LogP contribution is -2.35. The first kappa shape index (κ1) is 17.0. The summed E-state index contributed by atoms with van der Waals surface area (Å²) in [5.74, 6) is -0.969. The van der Waals surface area contributed by atoms with Gasteiger partial charge in [0.15, 0.2) is 5.82 Å². The number of nitrogens with two attached hydrogens (primary N) is 1. The molecule has 0 atom stereocenters. The summed E-state index contributed by atoms with van der Waals surface area (Å²) in [6.45, 7) is 2.06. The van der Waals surface area contributed by atoms with Crippen LogP contribution in [0.5, 0.6) is 0 Å². The lowest BCUT2D eigenvalue weighted by molar-refractivity contribution is 0.347. The summed E-state index contributed by atoms with van der Waals surface area (Å²) in [5, 5.41) is 0.0689. The fourth-order valence-corrected chi connectivity index (χ4v) is 4.33. The molecular weight excluding hydrogens is 385 g/mol. The zero-order valence-corrected chi connectivity index (χ0v) is 14.6. The highest BCUT2D eigenvalue weighted by molar-refractivity contribution is 9.10. The minimum atomic E-state index is -3.95. The first-order valence-electron chi connectivity index (χ1n) is 6.37. The van der Waals surface area contributed by atoms with Gasteiger partial charge in [0.2, 0.25) is 10.0 Å². The molecule has 0 unspecified atom stereocenters. The Morgan fingerprint density at radius 3 is 2.67 bits per heavy atom. The number of nitrogens with zero attached hydrogens (tertiary/aromatic N) is 2. The second-order valence-corrected chi connectivity index (χ2v) is 8.07. The molecule has 0 bridgehead atoms. The van der Waals surface area contributed by atoms with Gasteiger partial charge in [-0.15, -0.1) is 0 Å². The monoisotopic (exact) mass is 399 g/mol. The molecule has 2 rings (SSSR count). The zero-order valence-electron chi connectivity index (χ0n) is 11.4. The number of halogens is 3. The number of hydrogen-bond acceptors (Lipinski definition) is 4. The van der Waals surface area contributed by atoms with E-state index in [4.69, 9.17) is 17.3 Å².